The Kier molecular flexibility index (Phi) is 3.47. The standard InChI is InChI=1S/C16H15Cl2N.ClH/c17-14-7-5-10(9-15(14)18)11-6-8-16(19)13-4-2-1-3-12(11)13;/h1-5,7,9,11,16H,6,8,19H2;1H/t11-,16-;/m0./s1/i8D2,11D,16D;. The lowest BCUT2D eigenvalue weighted by molar-refractivity contribution is 0.530. The molecule has 2 aromatic carbocycles. The van der Waals surface area contributed by atoms with E-state index in [1.807, 2.05) is 0 Å². The molecule has 0 heterocycles. The molecule has 0 aromatic heterocycles. The predicted molar refractivity (Wildman–Crippen MR) is 88.2 cm³/mol. The fraction of sp³-hybridized carbons (Fsp3) is 0.250. The number of rotatable bonds is 1. The lowest BCUT2D eigenvalue weighted by atomic mass is 9.77. The van der Waals surface area contributed by atoms with Gasteiger partial charge in [0.05, 0.1) is 11.4 Å². The van der Waals surface area contributed by atoms with E-state index in [0.29, 0.717) is 26.7 Å². The van der Waals surface area contributed by atoms with Crippen molar-refractivity contribution in [2.75, 3.05) is 0 Å². The lowest BCUT2D eigenvalue weighted by Crippen LogP contribution is -2.20. The van der Waals surface area contributed by atoms with Crippen molar-refractivity contribution in [1.82, 2.24) is 0 Å². The number of benzene rings is 2. The van der Waals surface area contributed by atoms with Crippen LogP contribution in [-0.2, 0) is 0 Å². The highest BCUT2D eigenvalue weighted by Crippen LogP contribution is 2.41. The fourth-order valence-electron chi connectivity index (χ4n) is 2.30. The SMILES string of the molecule is Cl.[2H]C1([2H])C[C@@]([2H])(c2ccc(Cl)c(Cl)c2)c2ccccc2[C@@]1([2H])N. The molecule has 20 heavy (non-hydrogen) atoms. The van der Waals surface area contributed by atoms with E-state index in [9.17, 15) is 0 Å². The van der Waals surface area contributed by atoms with Crippen LogP contribution in [-0.4, -0.2) is 0 Å². The summed E-state index contributed by atoms with van der Waals surface area (Å²) in [6, 6.07) is 9.72. The second-order valence-electron chi connectivity index (χ2n) is 4.42. The molecule has 4 heteroatoms. The summed E-state index contributed by atoms with van der Waals surface area (Å²) in [5, 5.41) is 0.684. The Morgan fingerprint density at radius 1 is 1.10 bits per heavy atom. The summed E-state index contributed by atoms with van der Waals surface area (Å²) in [6.07, 6.45) is -2.32. The summed E-state index contributed by atoms with van der Waals surface area (Å²) in [6.45, 7) is 0. The van der Waals surface area contributed by atoms with E-state index in [-0.39, 0.29) is 18.8 Å². The lowest BCUT2D eigenvalue weighted by Gasteiger charge is -2.30. The van der Waals surface area contributed by atoms with E-state index in [1.165, 1.54) is 0 Å². The van der Waals surface area contributed by atoms with Gasteiger partial charge >= 0.3 is 0 Å². The first-order valence-electron chi connectivity index (χ1n) is 7.94. The van der Waals surface area contributed by atoms with Crippen molar-refractivity contribution in [3.05, 3.63) is 69.2 Å². The van der Waals surface area contributed by atoms with Crippen LogP contribution in [0.15, 0.2) is 42.5 Å². The van der Waals surface area contributed by atoms with Gasteiger partial charge in [-0.1, -0.05) is 53.5 Å². The Morgan fingerprint density at radius 3 is 2.50 bits per heavy atom. The molecule has 1 aliphatic carbocycles. The monoisotopic (exact) mass is 331 g/mol. The highest BCUT2D eigenvalue weighted by molar-refractivity contribution is 6.42. The van der Waals surface area contributed by atoms with Gasteiger partial charge in [-0.2, -0.15) is 0 Å². The van der Waals surface area contributed by atoms with Crippen LogP contribution < -0.4 is 5.73 Å². The number of fused-ring (bicyclic) bond motifs is 1. The van der Waals surface area contributed by atoms with E-state index in [4.69, 9.17) is 34.4 Å². The highest BCUT2D eigenvalue weighted by Gasteiger charge is 2.26. The van der Waals surface area contributed by atoms with Gasteiger partial charge in [-0.3, -0.25) is 0 Å². The topological polar surface area (TPSA) is 26.0 Å². The summed E-state index contributed by atoms with van der Waals surface area (Å²) in [4.78, 5) is 0. The molecule has 0 aliphatic heterocycles. The van der Waals surface area contributed by atoms with Crippen LogP contribution in [0, 0.1) is 0 Å². The van der Waals surface area contributed by atoms with Gasteiger partial charge in [0.25, 0.3) is 0 Å². The van der Waals surface area contributed by atoms with Gasteiger partial charge in [-0.15, -0.1) is 12.4 Å². The minimum atomic E-state index is -2.07. The second kappa shape index (κ2) is 6.36. The Morgan fingerprint density at radius 2 is 1.80 bits per heavy atom. The summed E-state index contributed by atoms with van der Waals surface area (Å²) in [5.74, 6) is -1.39. The van der Waals surface area contributed by atoms with Crippen molar-refractivity contribution in [3.8, 4) is 0 Å². The van der Waals surface area contributed by atoms with Crippen molar-refractivity contribution in [2.24, 2.45) is 5.73 Å². The third kappa shape index (κ3) is 2.82. The molecule has 2 N–H and O–H groups in total. The third-order valence-electron chi connectivity index (χ3n) is 3.27. The molecule has 0 saturated heterocycles. The van der Waals surface area contributed by atoms with Crippen molar-refractivity contribution in [1.29, 1.82) is 0 Å². The highest BCUT2D eigenvalue weighted by atomic mass is 35.5. The molecule has 1 nitrogen and oxygen atoms in total. The number of halogens is 3. The van der Waals surface area contributed by atoms with E-state index < -0.39 is 18.3 Å². The first kappa shape index (κ1) is 10.9. The summed E-state index contributed by atoms with van der Waals surface area (Å²) in [5.41, 5.74) is 7.34. The first-order valence-corrected chi connectivity index (χ1v) is 6.70. The van der Waals surface area contributed by atoms with E-state index in [0.717, 1.165) is 0 Å². The maximum absolute atomic E-state index is 8.96. The van der Waals surface area contributed by atoms with Gasteiger partial charge in [0.2, 0.25) is 0 Å². The molecule has 0 fully saturated rings. The smallest absolute Gasteiger partial charge is 0.0595 e. The largest absolute Gasteiger partial charge is 0.324 e. The molecule has 2 atom stereocenters. The van der Waals surface area contributed by atoms with Crippen LogP contribution in [0.2, 0.25) is 10.0 Å². The van der Waals surface area contributed by atoms with Crippen molar-refractivity contribution < 1.29 is 5.48 Å². The number of nitrogens with two attached hydrogens (primary N) is 1. The molecule has 3 rings (SSSR count). The molecule has 0 radical (unpaired) electrons. The normalized spacial score (nSPS) is 33.8. The molecule has 106 valence electrons. The minimum Gasteiger partial charge on any atom is -0.324 e. The first-order chi connectivity index (χ1) is 10.6. The molecule has 0 spiro atoms. The molecule has 1 aliphatic rings. The van der Waals surface area contributed by atoms with Crippen molar-refractivity contribution in [2.45, 2.75) is 24.7 Å². The molecular weight excluding hydrogens is 313 g/mol. The van der Waals surface area contributed by atoms with Gasteiger partial charge < -0.3 is 5.73 Å². The maximum Gasteiger partial charge on any atom is 0.0595 e. The zero-order valence-electron chi connectivity index (χ0n) is 14.5. The van der Waals surface area contributed by atoms with Gasteiger partial charge in [0.1, 0.15) is 0 Å². The fourth-order valence-corrected chi connectivity index (χ4v) is 2.59. The van der Waals surface area contributed by atoms with E-state index in [1.54, 1.807) is 42.5 Å². The molecule has 0 bridgehead atoms. The van der Waals surface area contributed by atoms with Crippen LogP contribution in [0.1, 0.15) is 46.9 Å². The van der Waals surface area contributed by atoms with Crippen LogP contribution in [0.3, 0.4) is 0 Å². The average Bonchev–Trinajstić information content (AvgIpc) is 2.48. The quantitative estimate of drug-likeness (QED) is 0.749. The van der Waals surface area contributed by atoms with Crippen LogP contribution in [0.25, 0.3) is 0 Å². The summed E-state index contributed by atoms with van der Waals surface area (Å²) < 4.78 is 33.7. The Labute approximate surface area is 141 Å². The van der Waals surface area contributed by atoms with E-state index >= 15 is 0 Å². The van der Waals surface area contributed by atoms with Gasteiger partial charge in [-0.25, -0.2) is 0 Å². The zero-order valence-corrected chi connectivity index (χ0v) is 12.8. The average molecular weight is 333 g/mol. The number of hydrogen-bond acceptors (Lipinski definition) is 1. The zero-order chi connectivity index (χ0) is 17.0. The van der Waals surface area contributed by atoms with Gasteiger partial charge in [0.15, 0.2) is 0 Å². The summed E-state index contributed by atoms with van der Waals surface area (Å²) >= 11 is 12.0. The van der Waals surface area contributed by atoms with Gasteiger partial charge in [0, 0.05) is 16.0 Å². The Bertz CT molecular complexity index is 782. The Hall–Kier alpha value is -0.730. The predicted octanol–water partition coefficient (Wildman–Crippen LogP) is 5.34. The van der Waals surface area contributed by atoms with E-state index in [2.05, 4.69) is 0 Å². The molecule has 2 aromatic rings. The van der Waals surface area contributed by atoms with Crippen molar-refractivity contribution >= 4 is 35.6 Å². The molecule has 0 saturated carbocycles. The summed E-state index contributed by atoms with van der Waals surface area (Å²) in [7, 11) is 0. The Balaban J connectivity index is 0.00000208. The second-order valence-corrected chi connectivity index (χ2v) is 5.23. The van der Waals surface area contributed by atoms with Crippen molar-refractivity contribution in [3.63, 3.8) is 0 Å². The maximum atomic E-state index is 8.96. The molecule has 0 amide bonds. The molecular formula is C16H16Cl3N. The van der Waals surface area contributed by atoms with Crippen LogP contribution in [0.4, 0.5) is 0 Å². The number of hydrogen-bond donors (Lipinski definition) is 1. The van der Waals surface area contributed by atoms with Crippen LogP contribution in [0.5, 0.6) is 0 Å². The van der Waals surface area contributed by atoms with Crippen LogP contribution >= 0.6 is 35.6 Å². The minimum absolute atomic E-state index is 0. The third-order valence-corrected chi connectivity index (χ3v) is 4.01. The van der Waals surface area contributed by atoms with Gasteiger partial charge in [-0.05, 0) is 41.6 Å². The molecule has 0 unspecified atom stereocenters.